The molecule has 0 unspecified atom stereocenters. The van der Waals surface area contributed by atoms with Gasteiger partial charge in [-0.15, -0.1) is 10.2 Å². The Morgan fingerprint density at radius 2 is 1.97 bits per heavy atom. The number of benzene rings is 2. The minimum atomic E-state index is -0.899. The molecule has 3 aromatic heterocycles. The van der Waals surface area contributed by atoms with Crippen molar-refractivity contribution in [2.24, 2.45) is 5.73 Å². The van der Waals surface area contributed by atoms with E-state index in [9.17, 15) is 9.18 Å². The number of ether oxygens (including phenoxy) is 1. The number of aromatic nitrogens is 5. The molecule has 154 valence electrons. The van der Waals surface area contributed by atoms with Crippen molar-refractivity contribution >= 4 is 45.1 Å². The minimum absolute atomic E-state index is 0.200. The Balaban J connectivity index is 1.51. The summed E-state index contributed by atoms with van der Waals surface area (Å²) in [5.41, 5.74) is 8.81. The van der Waals surface area contributed by atoms with E-state index in [1.165, 1.54) is 35.2 Å². The highest BCUT2D eigenvalue weighted by Crippen LogP contribution is 2.36. The quantitative estimate of drug-likeness (QED) is 0.429. The summed E-state index contributed by atoms with van der Waals surface area (Å²) >= 11 is 2.63. The molecule has 1 amide bonds. The van der Waals surface area contributed by atoms with Crippen molar-refractivity contribution in [2.45, 2.75) is 17.0 Å². The van der Waals surface area contributed by atoms with E-state index in [2.05, 4.69) is 20.3 Å². The Morgan fingerprint density at radius 3 is 2.74 bits per heavy atom. The zero-order valence-electron chi connectivity index (χ0n) is 15.9. The van der Waals surface area contributed by atoms with Crippen molar-refractivity contribution in [1.82, 2.24) is 24.8 Å². The van der Waals surface area contributed by atoms with Crippen molar-refractivity contribution in [1.29, 1.82) is 0 Å². The van der Waals surface area contributed by atoms with Gasteiger partial charge in [-0.25, -0.2) is 14.2 Å². The first kappa shape index (κ1) is 19.4. The molecule has 3 heterocycles. The lowest BCUT2D eigenvalue weighted by atomic mass is 10.1. The number of nitrogens with two attached hydrogens (primary N) is 1. The topological polar surface area (TPSA) is 108 Å². The van der Waals surface area contributed by atoms with Gasteiger partial charge in [0.05, 0.1) is 15.9 Å². The zero-order valence-corrected chi connectivity index (χ0v) is 17.6. The van der Waals surface area contributed by atoms with Crippen molar-refractivity contribution in [3.8, 4) is 16.5 Å². The van der Waals surface area contributed by atoms with Crippen LogP contribution in [0.25, 0.3) is 27.1 Å². The third kappa shape index (κ3) is 3.80. The van der Waals surface area contributed by atoms with Crippen molar-refractivity contribution in [3.05, 3.63) is 59.9 Å². The van der Waals surface area contributed by atoms with Crippen LogP contribution in [-0.4, -0.2) is 30.9 Å². The summed E-state index contributed by atoms with van der Waals surface area (Å²) in [7, 11) is 0. The van der Waals surface area contributed by atoms with Gasteiger partial charge in [-0.3, -0.25) is 0 Å². The first-order valence-electron chi connectivity index (χ1n) is 9.01. The van der Waals surface area contributed by atoms with Gasteiger partial charge in [0, 0.05) is 10.5 Å². The van der Waals surface area contributed by atoms with Crippen LogP contribution in [0.4, 0.5) is 9.18 Å². The number of thiazole rings is 1. The van der Waals surface area contributed by atoms with E-state index in [0.717, 1.165) is 26.2 Å². The summed E-state index contributed by atoms with van der Waals surface area (Å²) in [6.45, 7) is 1.92. The zero-order chi connectivity index (χ0) is 21.5. The standard InChI is InChI=1S/C20H13FN6O2S2/c1-10-8-13(9-15-17(10)23-20(31-15)29-18(22)28)30-19-25-24-16-7-6-14(26-27(16)19)11-2-4-12(21)5-3-11/h2-9H,1H3,(H2,22,28). The molecule has 0 spiro atoms. The fourth-order valence-corrected chi connectivity index (χ4v) is 4.98. The first-order valence-corrected chi connectivity index (χ1v) is 10.6. The van der Waals surface area contributed by atoms with Crippen LogP contribution < -0.4 is 10.5 Å². The van der Waals surface area contributed by atoms with Gasteiger partial charge in [-0.05, 0) is 72.8 Å². The highest BCUT2D eigenvalue weighted by atomic mass is 32.2. The number of amides is 1. The fraction of sp³-hybridized carbons (Fsp3) is 0.0500. The summed E-state index contributed by atoms with van der Waals surface area (Å²) in [4.78, 5) is 16.2. The number of aryl methyl sites for hydroxylation is 1. The average Bonchev–Trinajstić information content (AvgIpc) is 3.32. The lowest BCUT2D eigenvalue weighted by Crippen LogP contribution is -2.15. The van der Waals surface area contributed by atoms with E-state index in [-0.39, 0.29) is 11.0 Å². The van der Waals surface area contributed by atoms with Gasteiger partial charge in [0.15, 0.2) is 5.65 Å². The molecule has 0 aliphatic heterocycles. The molecule has 0 saturated heterocycles. The number of carbonyl (C=O) groups excluding carboxylic acids is 1. The molecule has 5 aromatic rings. The van der Waals surface area contributed by atoms with Gasteiger partial charge in [-0.1, -0.05) is 11.3 Å². The molecule has 5 rings (SSSR count). The second kappa shape index (κ2) is 7.60. The predicted molar refractivity (Wildman–Crippen MR) is 115 cm³/mol. The molecule has 0 fully saturated rings. The largest absolute Gasteiger partial charge is 0.411 e. The van der Waals surface area contributed by atoms with Crippen LogP contribution in [0.3, 0.4) is 0 Å². The first-order chi connectivity index (χ1) is 15.0. The third-order valence-corrected chi connectivity index (χ3v) is 6.20. The van der Waals surface area contributed by atoms with Crippen LogP contribution in [0.2, 0.25) is 0 Å². The second-order valence-electron chi connectivity index (χ2n) is 6.57. The van der Waals surface area contributed by atoms with Gasteiger partial charge in [-0.2, -0.15) is 9.61 Å². The molecule has 0 radical (unpaired) electrons. The van der Waals surface area contributed by atoms with E-state index in [1.807, 2.05) is 31.2 Å². The number of hydrogen-bond acceptors (Lipinski definition) is 8. The van der Waals surface area contributed by atoms with Crippen molar-refractivity contribution < 1.29 is 13.9 Å². The van der Waals surface area contributed by atoms with E-state index in [4.69, 9.17) is 10.5 Å². The number of rotatable bonds is 4. The van der Waals surface area contributed by atoms with E-state index < -0.39 is 6.09 Å². The molecule has 0 atom stereocenters. The minimum Gasteiger partial charge on any atom is -0.381 e. The third-order valence-electron chi connectivity index (χ3n) is 4.41. The lowest BCUT2D eigenvalue weighted by Gasteiger charge is -2.04. The number of fused-ring (bicyclic) bond motifs is 2. The summed E-state index contributed by atoms with van der Waals surface area (Å²) in [5.74, 6) is -0.302. The monoisotopic (exact) mass is 452 g/mol. The van der Waals surface area contributed by atoms with Crippen LogP contribution in [0.15, 0.2) is 58.6 Å². The van der Waals surface area contributed by atoms with Crippen molar-refractivity contribution in [2.75, 3.05) is 0 Å². The van der Waals surface area contributed by atoms with Crippen LogP contribution in [-0.2, 0) is 0 Å². The Kier molecular flexibility index (Phi) is 4.75. The van der Waals surface area contributed by atoms with Gasteiger partial charge >= 0.3 is 6.09 Å². The molecule has 8 nitrogen and oxygen atoms in total. The molecule has 31 heavy (non-hydrogen) atoms. The van der Waals surface area contributed by atoms with Crippen LogP contribution in [0.1, 0.15) is 5.56 Å². The SMILES string of the molecule is Cc1cc(Sc2nnc3ccc(-c4ccc(F)cc4)nn23)cc2sc(OC(N)=O)nc12. The number of halogens is 1. The molecule has 0 aliphatic carbocycles. The van der Waals surface area contributed by atoms with Gasteiger partial charge in [0.25, 0.3) is 5.19 Å². The molecule has 2 aromatic carbocycles. The summed E-state index contributed by atoms with van der Waals surface area (Å²) in [6.07, 6.45) is -0.899. The average molecular weight is 452 g/mol. The molecule has 0 bridgehead atoms. The van der Waals surface area contributed by atoms with Crippen molar-refractivity contribution in [3.63, 3.8) is 0 Å². The van der Waals surface area contributed by atoms with Gasteiger partial charge < -0.3 is 10.5 Å². The Labute approximate surface area is 182 Å². The van der Waals surface area contributed by atoms with E-state index in [1.54, 1.807) is 16.6 Å². The Bertz CT molecular complexity index is 1450. The predicted octanol–water partition coefficient (Wildman–Crippen LogP) is 4.46. The summed E-state index contributed by atoms with van der Waals surface area (Å²) in [6, 6.07) is 13.7. The number of carbonyl (C=O) groups is 1. The smallest absolute Gasteiger partial charge is 0.381 e. The van der Waals surface area contributed by atoms with Gasteiger partial charge in [0.1, 0.15) is 5.82 Å². The molecule has 0 aliphatic rings. The summed E-state index contributed by atoms with van der Waals surface area (Å²) in [5, 5.41) is 13.8. The van der Waals surface area contributed by atoms with Crippen LogP contribution >= 0.6 is 23.1 Å². The maximum atomic E-state index is 13.2. The molecule has 11 heteroatoms. The Morgan fingerprint density at radius 1 is 1.16 bits per heavy atom. The molecule has 2 N–H and O–H groups in total. The fourth-order valence-electron chi connectivity index (χ4n) is 3.05. The Hall–Kier alpha value is -3.57. The van der Waals surface area contributed by atoms with E-state index >= 15 is 0 Å². The lowest BCUT2D eigenvalue weighted by molar-refractivity contribution is 0.211. The highest BCUT2D eigenvalue weighted by molar-refractivity contribution is 7.99. The summed E-state index contributed by atoms with van der Waals surface area (Å²) < 4.78 is 20.6. The van der Waals surface area contributed by atoms with Crippen LogP contribution in [0, 0.1) is 12.7 Å². The van der Waals surface area contributed by atoms with Crippen LogP contribution in [0.5, 0.6) is 5.19 Å². The maximum Gasteiger partial charge on any atom is 0.411 e. The highest BCUT2D eigenvalue weighted by Gasteiger charge is 2.14. The maximum absolute atomic E-state index is 13.2. The normalized spacial score (nSPS) is 11.3. The van der Waals surface area contributed by atoms with Gasteiger partial charge in [0.2, 0.25) is 5.16 Å². The molecular weight excluding hydrogens is 439 g/mol. The van der Waals surface area contributed by atoms with E-state index in [0.29, 0.717) is 16.5 Å². The number of primary amides is 1. The second-order valence-corrected chi connectivity index (χ2v) is 8.60. The molecule has 0 saturated carbocycles. The number of nitrogens with zero attached hydrogens (tertiary/aromatic N) is 5. The molecular formula is C20H13FN6O2S2. The number of hydrogen-bond donors (Lipinski definition) is 1.